The molecule has 1 aromatic heterocycles. The summed E-state index contributed by atoms with van der Waals surface area (Å²) in [5, 5.41) is 36.2. The molecular weight excluding hydrogens is 688 g/mol. The Morgan fingerprint density at radius 1 is 0.796 bits per heavy atom. The summed E-state index contributed by atoms with van der Waals surface area (Å²) in [7, 11) is 1.16. The average Bonchev–Trinajstić information content (AvgIpc) is 3.62. The number of carbonyl (C=O) groups is 3. The molecule has 5 N–H and O–H groups in total. The molecule has 14 heteroatoms. The van der Waals surface area contributed by atoms with E-state index in [1.165, 1.54) is 0 Å². The minimum absolute atomic E-state index is 0.108. The maximum absolute atomic E-state index is 14.3. The summed E-state index contributed by atoms with van der Waals surface area (Å²) in [6, 6.07) is 26.3. The highest BCUT2D eigenvalue weighted by atomic mass is 16.6. The predicted octanol–water partition coefficient (Wildman–Crippen LogP) is 4.92. The van der Waals surface area contributed by atoms with E-state index < -0.39 is 52.5 Å². The Labute approximate surface area is 317 Å². The molecule has 0 saturated heterocycles. The molecule has 4 aromatic rings. The van der Waals surface area contributed by atoms with Crippen LogP contribution in [0.1, 0.15) is 72.1 Å². The molecule has 0 bridgehead atoms. The molecule has 4 rings (SSSR count). The lowest BCUT2D eigenvalue weighted by molar-refractivity contribution is -0.135. The minimum atomic E-state index is -2.04. The van der Waals surface area contributed by atoms with Crippen LogP contribution in [0.2, 0.25) is 0 Å². The van der Waals surface area contributed by atoms with Crippen LogP contribution in [0.25, 0.3) is 11.4 Å². The molecule has 0 unspecified atom stereocenters. The Morgan fingerprint density at radius 3 is 1.96 bits per heavy atom. The molecule has 3 aromatic carbocycles. The third-order valence-corrected chi connectivity index (χ3v) is 9.00. The van der Waals surface area contributed by atoms with Crippen molar-refractivity contribution in [2.45, 2.75) is 97.3 Å². The first-order valence-electron chi connectivity index (χ1n) is 17.9. The van der Waals surface area contributed by atoms with Gasteiger partial charge in [-0.1, -0.05) is 106 Å². The Morgan fingerprint density at radius 2 is 1.39 bits per heavy atom. The zero-order valence-corrected chi connectivity index (χ0v) is 32.6. The predicted molar refractivity (Wildman–Crippen MR) is 205 cm³/mol. The van der Waals surface area contributed by atoms with Crippen LogP contribution >= 0.6 is 0 Å². The van der Waals surface area contributed by atoms with E-state index in [4.69, 9.17) is 9.47 Å². The third kappa shape index (κ3) is 10.6. The zero-order chi connectivity index (χ0) is 39.7. The highest BCUT2D eigenvalue weighted by Crippen LogP contribution is 2.30. The number of carbonyl (C=O) groups excluding carboxylic acids is 3. The lowest BCUT2D eigenvalue weighted by Gasteiger charge is -2.44. The summed E-state index contributed by atoms with van der Waals surface area (Å²) in [6.07, 6.45) is -2.70. The number of amides is 3. The van der Waals surface area contributed by atoms with Crippen LogP contribution < -0.4 is 21.3 Å². The number of rotatable bonds is 14. The van der Waals surface area contributed by atoms with Crippen LogP contribution in [-0.4, -0.2) is 80.5 Å². The number of tetrazole rings is 1. The van der Waals surface area contributed by atoms with Crippen molar-refractivity contribution in [2.24, 2.45) is 5.41 Å². The molecule has 1 heterocycles. The zero-order valence-electron chi connectivity index (χ0n) is 32.6. The van der Waals surface area contributed by atoms with Crippen molar-refractivity contribution in [1.82, 2.24) is 41.5 Å². The van der Waals surface area contributed by atoms with Crippen molar-refractivity contribution in [3.8, 4) is 11.4 Å². The van der Waals surface area contributed by atoms with Gasteiger partial charge in [-0.2, -0.15) is 4.80 Å². The molecular formula is C40H54N8O6. The van der Waals surface area contributed by atoms with Gasteiger partial charge in [0.2, 0.25) is 11.5 Å². The molecule has 0 aliphatic heterocycles. The minimum Gasteiger partial charge on any atom is -0.453 e. The first kappa shape index (κ1) is 41.4. The first-order valence-corrected chi connectivity index (χ1v) is 17.9. The fraction of sp³-hybridized carbons (Fsp3) is 0.450. The van der Waals surface area contributed by atoms with E-state index in [9.17, 15) is 19.5 Å². The smallest absolute Gasteiger partial charge is 0.409 e. The molecule has 0 fully saturated rings. The lowest BCUT2D eigenvalue weighted by atomic mass is 9.79. The van der Waals surface area contributed by atoms with Crippen molar-refractivity contribution in [3.05, 3.63) is 102 Å². The van der Waals surface area contributed by atoms with Crippen LogP contribution in [0.5, 0.6) is 0 Å². The number of alkyl carbamates (subject to hydrolysis) is 2. The molecule has 0 spiro atoms. The molecule has 290 valence electrons. The second-order valence-corrected chi connectivity index (χ2v) is 15.7. The molecule has 0 radical (unpaired) electrons. The number of methoxy groups -OCH3 is 1. The lowest BCUT2D eigenvalue weighted by Crippen LogP contribution is -2.75. The maximum Gasteiger partial charge on any atom is 0.409 e. The number of aliphatic hydroxyl groups excluding tert-OH is 1. The highest BCUT2D eigenvalue weighted by Gasteiger charge is 2.53. The van der Waals surface area contributed by atoms with Crippen molar-refractivity contribution in [1.29, 1.82) is 0 Å². The topological polar surface area (TPSA) is 182 Å². The van der Waals surface area contributed by atoms with Gasteiger partial charge in [0.25, 0.3) is 5.91 Å². The monoisotopic (exact) mass is 742 g/mol. The van der Waals surface area contributed by atoms with Crippen molar-refractivity contribution in [2.75, 3.05) is 13.7 Å². The summed E-state index contributed by atoms with van der Waals surface area (Å²) in [5.41, 5.74) is -0.838. The summed E-state index contributed by atoms with van der Waals surface area (Å²) >= 11 is 0. The van der Waals surface area contributed by atoms with E-state index in [0.717, 1.165) is 29.4 Å². The number of hydrogen-bond acceptors (Lipinski definition) is 10. The Hall–Kier alpha value is -5.34. The summed E-state index contributed by atoms with van der Waals surface area (Å²) < 4.78 is 10.3. The van der Waals surface area contributed by atoms with E-state index in [2.05, 4.69) is 36.7 Å². The quantitative estimate of drug-likeness (QED) is 0.111. The standard InChI is InChI=1S/C40H54N8O6/c1-37(2,3)40(43-35(51)53-9,44-36(52)54-38(4,5)6)34(50)42-31(24-27-16-12-10-13-17-27)32(49)26-41-25-28-20-22-29(23-21-28)33-45-47-48(46-33)39(7,8)30-18-14-11-15-19-30/h10-23,31-32,41,49H,24-26H2,1-9H3,(H,42,50)(H,43,51)(H,44,52)/t31-,32-,40-/m0/s1. The number of benzene rings is 3. The summed E-state index contributed by atoms with van der Waals surface area (Å²) in [5.74, 6) is -0.262. The van der Waals surface area contributed by atoms with Crippen LogP contribution in [0.3, 0.4) is 0 Å². The Balaban J connectivity index is 1.49. The fourth-order valence-corrected chi connectivity index (χ4v) is 5.76. The van der Waals surface area contributed by atoms with Crippen LogP contribution in [0.15, 0.2) is 84.9 Å². The fourth-order valence-electron chi connectivity index (χ4n) is 5.76. The number of aromatic nitrogens is 4. The van der Waals surface area contributed by atoms with Crippen molar-refractivity contribution in [3.63, 3.8) is 0 Å². The molecule has 14 nitrogen and oxygen atoms in total. The van der Waals surface area contributed by atoms with Gasteiger partial charge in [0, 0.05) is 24.1 Å². The third-order valence-electron chi connectivity index (χ3n) is 9.00. The SMILES string of the molecule is COC(=O)N[C@](NC(=O)OC(C)(C)C)(C(=O)N[C@@H](Cc1ccccc1)[C@@H](O)CNCc1ccc(-c2nnn(C(C)(C)c3ccccc3)n2)cc1)C(C)(C)C. The van der Waals surface area contributed by atoms with Crippen molar-refractivity contribution >= 4 is 18.1 Å². The van der Waals surface area contributed by atoms with Gasteiger partial charge in [-0.05, 0) is 62.9 Å². The molecule has 0 saturated carbocycles. The highest BCUT2D eigenvalue weighted by molar-refractivity contribution is 5.93. The maximum atomic E-state index is 14.3. The van der Waals surface area contributed by atoms with E-state index in [1.807, 2.05) is 98.8 Å². The van der Waals surface area contributed by atoms with Crippen molar-refractivity contribution < 1.29 is 29.0 Å². The number of nitrogens with zero attached hydrogens (tertiary/aromatic N) is 4. The number of hydrogen-bond donors (Lipinski definition) is 5. The second-order valence-electron chi connectivity index (χ2n) is 15.7. The van der Waals surface area contributed by atoms with E-state index in [1.54, 1.807) is 46.3 Å². The molecule has 54 heavy (non-hydrogen) atoms. The molecule has 3 atom stereocenters. The second kappa shape index (κ2) is 17.2. The van der Waals surface area contributed by atoms with Gasteiger partial charge in [0.15, 0.2) is 0 Å². The Kier molecular flexibility index (Phi) is 13.2. The average molecular weight is 743 g/mol. The van der Waals surface area contributed by atoms with E-state index in [-0.39, 0.29) is 13.0 Å². The largest absolute Gasteiger partial charge is 0.453 e. The first-order chi connectivity index (χ1) is 25.3. The van der Waals surface area contributed by atoms with E-state index >= 15 is 0 Å². The molecule has 3 amide bonds. The normalized spacial score (nSPS) is 14.3. The summed E-state index contributed by atoms with van der Waals surface area (Å²) in [4.78, 5) is 41.7. The van der Waals surface area contributed by atoms with Crippen LogP contribution in [0.4, 0.5) is 9.59 Å². The van der Waals surface area contributed by atoms with Gasteiger partial charge in [0.05, 0.1) is 19.3 Å². The van der Waals surface area contributed by atoms with Crippen LogP contribution in [0, 0.1) is 5.41 Å². The van der Waals surface area contributed by atoms with E-state index in [0.29, 0.717) is 12.4 Å². The van der Waals surface area contributed by atoms with Gasteiger partial charge < -0.3 is 25.2 Å². The van der Waals surface area contributed by atoms with Gasteiger partial charge in [-0.15, -0.1) is 10.2 Å². The number of nitrogens with one attached hydrogen (secondary N) is 4. The number of ether oxygens (including phenoxy) is 2. The van der Waals surface area contributed by atoms with Gasteiger partial charge in [-0.3, -0.25) is 15.4 Å². The number of aliphatic hydroxyl groups is 1. The van der Waals surface area contributed by atoms with Gasteiger partial charge in [-0.25, -0.2) is 9.59 Å². The van der Waals surface area contributed by atoms with Gasteiger partial charge >= 0.3 is 12.2 Å². The molecule has 0 aliphatic carbocycles. The Bertz CT molecular complexity index is 1840. The summed E-state index contributed by atoms with van der Waals surface area (Å²) in [6.45, 7) is 14.7. The van der Waals surface area contributed by atoms with Gasteiger partial charge in [0.1, 0.15) is 11.1 Å². The molecule has 0 aliphatic rings. The van der Waals surface area contributed by atoms with Crippen LogP contribution in [-0.2, 0) is 32.8 Å².